The molecule has 0 saturated carbocycles. The number of methoxy groups -OCH3 is 1. The standard InChI is InChI=1S/C10H9BrO5/c1-4-6(11)3-5(8(13)10(14)15)7(12)9(4)16-2/h3,12H,1-2H3,(H,14,15). The van der Waals surface area contributed by atoms with Gasteiger partial charge in [0.05, 0.1) is 12.7 Å². The quantitative estimate of drug-likeness (QED) is 0.654. The van der Waals surface area contributed by atoms with Gasteiger partial charge in [-0.1, -0.05) is 15.9 Å². The number of benzene rings is 1. The van der Waals surface area contributed by atoms with Crippen molar-refractivity contribution in [2.45, 2.75) is 6.92 Å². The normalized spacial score (nSPS) is 9.94. The number of carbonyl (C=O) groups excluding carboxylic acids is 1. The second-order valence-corrected chi connectivity index (χ2v) is 3.90. The summed E-state index contributed by atoms with van der Waals surface area (Å²) in [5.74, 6) is -3.20. The summed E-state index contributed by atoms with van der Waals surface area (Å²) in [5, 5.41) is 18.3. The zero-order chi connectivity index (χ0) is 12.5. The van der Waals surface area contributed by atoms with Gasteiger partial charge in [0, 0.05) is 10.0 Å². The molecule has 2 N–H and O–H groups in total. The first-order valence-corrected chi connectivity index (χ1v) is 5.03. The van der Waals surface area contributed by atoms with Crippen molar-refractivity contribution in [2.24, 2.45) is 0 Å². The van der Waals surface area contributed by atoms with Crippen molar-refractivity contribution < 1.29 is 24.5 Å². The fourth-order valence-corrected chi connectivity index (χ4v) is 1.66. The lowest BCUT2D eigenvalue weighted by Crippen LogP contribution is -2.13. The van der Waals surface area contributed by atoms with Gasteiger partial charge in [-0.25, -0.2) is 4.79 Å². The summed E-state index contributed by atoms with van der Waals surface area (Å²) >= 11 is 3.15. The van der Waals surface area contributed by atoms with Gasteiger partial charge < -0.3 is 14.9 Å². The average molecular weight is 289 g/mol. The Morgan fingerprint density at radius 1 is 1.44 bits per heavy atom. The van der Waals surface area contributed by atoms with Crippen LogP contribution in [0, 0.1) is 6.92 Å². The van der Waals surface area contributed by atoms with Gasteiger partial charge >= 0.3 is 5.97 Å². The largest absolute Gasteiger partial charge is 0.504 e. The molecule has 0 unspecified atom stereocenters. The number of Topliss-reactive ketones (excluding diaryl/α,β-unsaturated/α-hetero) is 1. The maximum absolute atomic E-state index is 11.3. The zero-order valence-corrected chi connectivity index (χ0v) is 10.2. The molecule has 6 heteroatoms. The van der Waals surface area contributed by atoms with E-state index in [-0.39, 0.29) is 11.3 Å². The van der Waals surface area contributed by atoms with E-state index >= 15 is 0 Å². The zero-order valence-electron chi connectivity index (χ0n) is 8.57. The molecule has 0 heterocycles. The average Bonchev–Trinajstić information content (AvgIpc) is 2.23. The van der Waals surface area contributed by atoms with Gasteiger partial charge in [-0.05, 0) is 13.0 Å². The van der Waals surface area contributed by atoms with E-state index < -0.39 is 17.5 Å². The van der Waals surface area contributed by atoms with Gasteiger partial charge in [-0.2, -0.15) is 0 Å². The van der Waals surface area contributed by atoms with Crippen molar-refractivity contribution in [1.29, 1.82) is 0 Å². The van der Waals surface area contributed by atoms with Crippen molar-refractivity contribution in [2.75, 3.05) is 7.11 Å². The fraction of sp³-hybridized carbons (Fsp3) is 0.200. The highest BCUT2D eigenvalue weighted by atomic mass is 79.9. The van der Waals surface area contributed by atoms with Crippen LogP contribution in [0.1, 0.15) is 15.9 Å². The third-order valence-corrected chi connectivity index (χ3v) is 2.91. The fourth-order valence-electron chi connectivity index (χ4n) is 1.25. The predicted octanol–water partition coefficient (Wildman–Crippen LogP) is 1.74. The lowest BCUT2D eigenvalue weighted by atomic mass is 10.1. The molecule has 0 spiro atoms. The first-order chi connectivity index (χ1) is 7.40. The van der Waals surface area contributed by atoms with Gasteiger partial charge in [0.1, 0.15) is 0 Å². The second-order valence-electron chi connectivity index (χ2n) is 3.05. The summed E-state index contributed by atoms with van der Waals surface area (Å²) in [7, 11) is 1.32. The van der Waals surface area contributed by atoms with Gasteiger partial charge in [0.25, 0.3) is 5.78 Å². The van der Waals surface area contributed by atoms with Crippen LogP contribution >= 0.6 is 15.9 Å². The molecular weight excluding hydrogens is 280 g/mol. The van der Waals surface area contributed by atoms with Gasteiger partial charge in [-0.3, -0.25) is 4.79 Å². The maximum atomic E-state index is 11.3. The molecule has 0 atom stereocenters. The van der Waals surface area contributed by atoms with Crippen LogP contribution in [0.2, 0.25) is 0 Å². The van der Waals surface area contributed by atoms with Crippen LogP contribution in [0.3, 0.4) is 0 Å². The molecule has 0 fully saturated rings. The van der Waals surface area contributed by atoms with Crippen LogP contribution in [0.25, 0.3) is 0 Å². The van der Waals surface area contributed by atoms with E-state index in [1.165, 1.54) is 13.2 Å². The Hall–Kier alpha value is -1.56. The monoisotopic (exact) mass is 288 g/mol. The number of ketones is 1. The van der Waals surface area contributed by atoms with Gasteiger partial charge in [0.2, 0.25) is 0 Å². The van der Waals surface area contributed by atoms with Crippen LogP contribution in [0.5, 0.6) is 11.5 Å². The number of aromatic hydroxyl groups is 1. The maximum Gasteiger partial charge on any atom is 0.377 e. The molecule has 0 amide bonds. The van der Waals surface area contributed by atoms with Crippen molar-refractivity contribution in [1.82, 2.24) is 0 Å². The van der Waals surface area contributed by atoms with Crippen molar-refractivity contribution in [3.63, 3.8) is 0 Å². The molecule has 16 heavy (non-hydrogen) atoms. The third-order valence-electron chi connectivity index (χ3n) is 2.08. The highest BCUT2D eigenvalue weighted by molar-refractivity contribution is 9.10. The Kier molecular flexibility index (Phi) is 3.54. The molecule has 1 rings (SSSR count). The van der Waals surface area contributed by atoms with Crippen molar-refractivity contribution in [3.8, 4) is 11.5 Å². The lowest BCUT2D eigenvalue weighted by molar-refractivity contribution is -0.131. The minimum Gasteiger partial charge on any atom is -0.504 e. The topological polar surface area (TPSA) is 83.8 Å². The summed E-state index contributed by atoms with van der Waals surface area (Å²) in [4.78, 5) is 21.8. The Bertz CT molecular complexity index is 467. The molecule has 0 bridgehead atoms. The summed E-state index contributed by atoms with van der Waals surface area (Å²) in [5.41, 5.74) is 0.281. The van der Waals surface area contributed by atoms with E-state index in [2.05, 4.69) is 15.9 Å². The van der Waals surface area contributed by atoms with Gasteiger partial charge in [-0.15, -0.1) is 0 Å². The van der Waals surface area contributed by atoms with E-state index in [1.807, 2.05) is 0 Å². The number of hydrogen-bond acceptors (Lipinski definition) is 4. The Balaban J connectivity index is 3.48. The highest BCUT2D eigenvalue weighted by Crippen LogP contribution is 2.38. The molecule has 0 saturated heterocycles. The smallest absolute Gasteiger partial charge is 0.377 e. The molecule has 1 aromatic rings. The summed E-state index contributed by atoms with van der Waals surface area (Å²) in [6.07, 6.45) is 0. The van der Waals surface area contributed by atoms with Crippen LogP contribution < -0.4 is 4.74 Å². The van der Waals surface area contributed by atoms with Crippen molar-refractivity contribution >= 4 is 27.7 Å². The molecule has 0 aliphatic heterocycles. The van der Waals surface area contributed by atoms with Crippen LogP contribution in [0.4, 0.5) is 0 Å². The van der Waals surface area contributed by atoms with Crippen LogP contribution in [-0.2, 0) is 4.79 Å². The van der Waals surface area contributed by atoms with Crippen molar-refractivity contribution in [3.05, 3.63) is 21.7 Å². The molecule has 0 aliphatic rings. The number of rotatable bonds is 3. The number of aliphatic carboxylic acids is 1. The number of hydrogen-bond donors (Lipinski definition) is 2. The number of phenolic OH excluding ortho intramolecular Hbond substituents is 1. The summed E-state index contributed by atoms with van der Waals surface area (Å²) in [6, 6.07) is 1.25. The molecular formula is C10H9BrO5. The molecule has 1 aromatic carbocycles. The Morgan fingerprint density at radius 2 is 2.00 bits per heavy atom. The molecule has 0 aliphatic carbocycles. The number of carboxylic acids is 1. The van der Waals surface area contributed by atoms with E-state index in [9.17, 15) is 14.7 Å². The predicted molar refractivity (Wildman–Crippen MR) is 59.1 cm³/mol. The van der Waals surface area contributed by atoms with Crippen LogP contribution in [-0.4, -0.2) is 29.1 Å². The number of carbonyl (C=O) groups is 2. The SMILES string of the molecule is COc1c(C)c(Br)cc(C(=O)C(=O)O)c1O. The molecule has 86 valence electrons. The Morgan fingerprint density at radius 3 is 2.44 bits per heavy atom. The molecule has 5 nitrogen and oxygen atoms in total. The van der Waals surface area contributed by atoms with E-state index in [1.54, 1.807) is 6.92 Å². The Labute approximate surface area is 99.8 Å². The lowest BCUT2D eigenvalue weighted by Gasteiger charge is -2.11. The van der Waals surface area contributed by atoms with E-state index in [0.717, 1.165) is 0 Å². The first kappa shape index (κ1) is 12.5. The first-order valence-electron chi connectivity index (χ1n) is 4.23. The summed E-state index contributed by atoms with van der Waals surface area (Å²) in [6.45, 7) is 1.66. The number of ether oxygens (including phenoxy) is 1. The highest BCUT2D eigenvalue weighted by Gasteiger charge is 2.23. The number of phenols is 1. The van der Waals surface area contributed by atoms with E-state index in [0.29, 0.717) is 10.0 Å². The number of carboxylic acid groups (broad SMARTS) is 1. The number of halogens is 1. The second kappa shape index (κ2) is 4.52. The third kappa shape index (κ3) is 2.01. The summed E-state index contributed by atoms with van der Waals surface area (Å²) < 4.78 is 5.39. The minimum atomic E-state index is -1.63. The molecule has 0 aromatic heterocycles. The van der Waals surface area contributed by atoms with E-state index in [4.69, 9.17) is 9.84 Å². The minimum absolute atomic E-state index is 0.0824. The molecule has 0 radical (unpaired) electrons. The van der Waals surface area contributed by atoms with Crippen LogP contribution in [0.15, 0.2) is 10.5 Å². The van der Waals surface area contributed by atoms with Gasteiger partial charge in [0.15, 0.2) is 11.5 Å².